The minimum atomic E-state index is -0.484. The van der Waals surface area contributed by atoms with Crippen LogP contribution in [0, 0.1) is 6.92 Å². The average molecular weight is 339 g/mol. The van der Waals surface area contributed by atoms with Crippen molar-refractivity contribution in [1.82, 2.24) is 15.2 Å². The molecule has 0 fully saturated rings. The molecule has 7 heteroatoms. The van der Waals surface area contributed by atoms with E-state index < -0.39 is 5.25 Å². The smallest absolute Gasteiger partial charge is 0.242 e. The van der Waals surface area contributed by atoms with E-state index >= 15 is 0 Å². The molecule has 122 valence electrons. The van der Waals surface area contributed by atoms with Gasteiger partial charge >= 0.3 is 0 Å². The van der Waals surface area contributed by atoms with Gasteiger partial charge in [0.15, 0.2) is 0 Å². The lowest BCUT2D eigenvalue weighted by molar-refractivity contribution is -0.115. The fraction of sp³-hybridized carbons (Fsp3) is 0.118. The highest BCUT2D eigenvalue weighted by Gasteiger charge is 2.24. The number of amides is 1. The van der Waals surface area contributed by atoms with Crippen LogP contribution in [0.2, 0.25) is 0 Å². The molecule has 24 heavy (non-hydrogen) atoms. The van der Waals surface area contributed by atoms with Crippen LogP contribution in [-0.4, -0.2) is 21.1 Å². The second-order valence-electron chi connectivity index (χ2n) is 5.27. The normalized spacial score (nSPS) is 11.9. The lowest BCUT2D eigenvalue weighted by Crippen LogP contribution is -2.19. The number of anilines is 2. The highest BCUT2D eigenvalue weighted by Crippen LogP contribution is 2.34. The summed E-state index contributed by atoms with van der Waals surface area (Å²) in [7, 11) is 0. The first-order chi connectivity index (χ1) is 11.6. The van der Waals surface area contributed by atoms with E-state index in [1.807, 2.05) is 61.5 Å². The number of nitrogens with two attached hydrogens (primary N) is 1. The van der Waals surface area contributed by atoms with E-state index in [0.29, 0.717) is 5.16 Å². The van der Waals surface area contributed by atoms with Crippen LogP contribution in [0.5, 0.6) is 0 Å². The summed E-state index contributed by atoms with van der Waals surface area (Å²) in [5.41, 5.74) is 8.32. The van der Waals surface area contributed by atoms with E-state index in [-0.39, 0.29) is 11.9 Å². The van der Waals surface area contributed by atoms with Gasteiger partial charge in [-0.3, -0.25) is 4.79 Å². The van der Waals surface area contributed by atoms with Gasteiger partial charge in [-0.25, -0.2) is 5.10 Å². The van der Waals surface area contributed by atoms with Gasteiger partial charge in [-0.2, -0.15) is 4.98 Å². The Morgan fingerprint density at radius 3 is 2.50 bits per heavy atom. The number of hydrogen-bond acceptors (Lipinski definition) is 5. The van der Waals surface area contributed by atoms with Crippen LogP contribution in [0.3, 0.4) is 0 Å². The Morgan fingerprint density at radius 1 is 1.17 bits per heavy atom. The molecule has 3 aromatic rings. The first-order valence-corrected chi connectivity index (χ1v) is 8.27. The maximum atomic E-state index is 12.8. The zero-order valence-corrected chi connectivity index (χ0v) is 13.9. The van der Waals surface area contributed by atoms with Gasteiger partial charge in [0.2, 0.25) is 17.0 Å². The van der Waals surface area contributed by atoms with Gasteiger partial charge in [-0.05, 0) is 24.6 Å². The molecular formula is C17H17N5OS. The summed E-state index contributed by atoms with van der Waals surface area (Å²) < 4.78 is 0. The molecule has 1 amide bonds. The van der Waals surface area contributed by atoms with Crippen molar-refractivity contribution in [2.45, 2.75) is 17.3 Å². The van der Waals surface area contributed by atoms with E-state index in [1.165, 1.54) is 11.8 Å². The molecule has 4 N–H and O–H groups in total. The molecule has 0 aliphatic carbocycles. The second-order valence-corrected chi connectivity index (χ2v) is 6.34. The molecule has 1 heterocycles. The SMILES string of the molecule is Cc1ccc(NC(=O)[C@H](Sc2n[nH]c(N)n2)c2ccccc2)cc1. The molecule has 0 radical (unpaired) electrons. The Labute approximate surface area is 143 Å². The van der Waals surface area contributed by atoms with Crippen LogP contribution in [-0.2, 0) is 4.79 Å². The van der Waals surface area contributed by atoms with Crippen LogP contribution >= 0.6 is 11.8 Å². The van der Waals surface area contributed by atoms with Gasteiger partial charge in [0, 0.05) is 5.69 Å². The molecule has 1 atom stereocenters. The second kappa shape index (κ2) is 7.18. The molecule has 3 rings (SSSR count). The number of nitrogen functional groups attached to an aromatic ring is 1. The van der Waals surface area contributed by atoms with Crippen molar-refractivity contribution in [2.24, 2.45) is 0 Å². The zero-order valence-electron chi connectivity index (χ0n) is 13.1. The molecule has 0 bridgehead atoms. The Kier molecular flexibility index (Phi) is 4.81. The Balaban J connectivity index is 1.83. The van der Waals surface area contributed by atoms with Gasteiger partial charge in [0.1, 0.15) is 5.25 Å². The van der Waals surface area contributed by atoms with E-state index in [2.05, 4.69) is 20.5 Å². The zero-order chi connectivity index (χ0) is 16.9. The number of nitrogens with zero attached hydrogens (tertiary/aromatic N) is 2. The number of carbonyl (C=O) groups is 1. The average Bonchev–Trinajstić information content (AvgIpc) is 3.00. The highest BCUT2D eigenvalue weighted by molar-refractivity contribution is 8.00. The standard InChI is InChI=1S/C17H17N5OS/c1-11-7-9-13(10-8-11)19-15(23)14(12-5-3-2-4-6-12)24-17-20-16(18)21-22-17/h2-10,14H,1H3,(H,19,23)(H3,18,20,21,22)/t14-/m1/s1. The predicted octanol–water partition coefficient (Wildman–Crippen LogP) is 3.17. The van der Waals surface area contributed by atoms with E-state index in [1.54, 1.807) is 0 Å². The summed E-state index contributed by atoms with van der Waals surface area (Å²) in [5, 5.41) is 9.47. The minimum absolute atomic E-state index is 0.140. The molecule has 2 aromatic carbocycles. The first kappa shape index (κ1) is 16.1. The molecule has 0 saturated carbocycles. The number of rotatable bonds is 5. The number of carbonyl (C=O) groups excluding carboxylic acids is 1. The number of H-pyrrole nitrogens is 1. The topological polar surface area (TPSA) is 96.7 Å². The first-order valence-electron chi connectivity index (χ1n) is 7.39. The van der Waals surface area contributed by atoms with Crippen molar-refractivity contribution in [3.8, 4) is 0 Å². The van der Waals surface area contributed by atoms with Crippen LogP contribution in [0.25, 0.3) is 0 Å². The van der Waals surface area contributed by atoms with Crippen LogP contribution in [0.1, 0.15) is 16.4 Å². The van der Waals surface area contributed by atoms with Crippen LogP contribution < -0.4 is 11.1 Å². The van der Waals surface area contributed by atoms with E-state index in [9.17, 15) is 4.79 Å². The monoisotopic (exact) mass is 339 g/mol. The van der Waals surface area contributed by atoms with E-state index in [0.717, 1.165) is 16.8 Å². The highest BCUT2D eigenvalue weighted by atomic mass is 32.2. The number of aromatic nitrogens is 3. The summed E-state index contributed by atoms with van der Waals surface area (Å²) in [6.45, 7) is 2.00. The Morgan fingerprint density at radius 2 is 1.88 bits per heavy atom. The fourth-order valence-corrected chi connectivity index (χ4v) is 3.08. The molecule has 1 aromatic heterocycles. The van der Waals surface area contributed by atoms with Gasteiger partial charge in [0.25, 0.3) is 0 Å². The van der Waals surface area contributed by atoms with Gasteiger partial charge < -0.3 is 11.1 Å². The summed E-state index contributed by atoms with van der Waals surface area (Å²) in [6.07, 6.45) is 0. The predicted molar refractivity (Wildman–Crippen MR) is 95.6 cm³/mol. The molecule has 0 spiro atoms. The number of nitrogens with one attached hydrogen (secondary N) is 2. The van der Waals surface area contributed by atoms with Gasteiger partial charge in [0.05, 0.1) is 0 Å². The summed E-state index contributed by atoms with van der Waals surface area (Å²) in [5.74, 6) is 0.0849. The number of aromatic amines is 1. The third-order valence-electron chi connectivity index (χ3n) is 3.37. The van der Waals surface area contributed by atoms with Crippen molar-refractivity contribution in [2.75, 3.05) is 11.1 Å². The Bertz CT molecular complexity index is 817. The fourth-order valence-electron chi connectivity index (χ4n) is 2.16. The van der Waals surface area contributed by atoms with Gasteiger partial charge in [-0.1, -0.05) is 59.8 Å². The van der Waals surface area contributed by atoms with Crippen molar-refractivity contribution in [1.29, 1.82) is 0 Å². The van der Waals surface area contributed by atoms with Crippen LogP contribution in [0.4, 0.5) is 11.6 Å². The minimum Gasteiger partial charge on any atom is -0.368 e. The molecule has 0 unspecified atom stereocenters. The lowest BCUT2D eigenvalue weighted by Gasteiger charge is -2.15. The maximum absolute atomic E-state index is 12.8. The third-order valence-corrected chi connectivity index (χ3v) is 4.48. The third kappa shape index (κ3) is 3.94. The van der Waals surface area contributed by atoms with Crippen molar-refractivity contribution in [3.63, 3.8) is 0 Å². The van der Waals surface area contributed by atoms with Crippen LogP contribution in [0.15, 0.2) is 59.8 Å². The van der Waals surface area contributed by atoms with Gasteiger partial charge in [-0.15, -0.1) is 5.10 Å². The molecule has 0 saturated heterocycles. The maximum Gasteiger partial charge on any atom is 0.242 e. The van der Waals surface area contributed by atoms with Crippen molar-refractivity contribution >= 4 is 29.3 Å². The van der Waals surface area contributed by atoms with Crippen molar-refractivity contribution in [3.05, 3.63) is 65.7 Å². The quantitative estimate of drug-likeness (QED) is 0.620. The molecule has 0 aliphatic rings. The Hall–Kier alpha value is -2.80. The number of benzene rings is 2. The van der Waals surface area contributed by atoms with E-state index in [4.69, 9.17) is 5.73 Å². The van der Waals surface area contributed by atoms with Crippen molar-refractivity contribution < 1.29 is 4.79 Å². The largest absolute Gasteiger partial charge is 0.368 e. The number of hydrogen-bond donors (Lipinski definition) is 3. The molecular weight excluding hydrogens is 322 g/mol. The molecule has 0 aliphatic heterocycles. The lowest BCUT2D eigenvalue weighted by atomic mass is 10.1. The molecule has 6 nitrogen and oxygen atoms in total. The summed E-state index contributed by atoms with van der Waals surface area (Å²) in [6, 6.07) is 17.2. The summed E-state index contributed by atoms with van der Waals surface area (Å²) in [4.78, 5) is 16.9. The number of aryl methyl sites for hydroxylation is 1. The number of thioether (sulfide) groups is 1. The summed E-state index contributed by atoms with van der Waals surface area (Å²) >= 11 is 1.25.